The van der Waals surface area contributed by atoms with Gasteiger partial charge in [0, 0.05) is 0 Å². The summed E-state index contributed by atoms with van der Waals surface area (Å²) in [6.07, 6.45) is 1.74. The van der Waals surface area contributed by atoms with Crippen LogP contribution >= 0.6 is 0 Å². The fourth-order valence-electron chi connectivity index (χ4n) is 1.27. The van der Waals surface area contributed by atoms with Crippen molar-refractivity contribution in [3.8, 4) is 0 Å². The second-order valence-electron chi connectivity index (χ2n) is 3.55. The predicted molar refractivity (Wildman–Crippen MR) is 51.7 cm³/mol. The largest absolute Gasteiger partial charge is 0.393 e. The normalized spacial score (nSPS) is 15.4. The summed E-state index contributed by atoms with van der Waals surface area (Å²) in [4.78, 5) is 0. The molecule has 0 saturated carbocycles. The standard InChI is InChI=1S/C10H20F2O2/c11-9(7-13)5-3-1-2-4-6-10(12)8-14/h9-10,13-14H,1-8H2. The van der Waals surface area contributed by atoms with Gasteiger partial charge in [0.1, 0.15) is 12.3 Å². The Kier molecular flexibility index (Phi) is 9.19. The third kappa shape index (κ3) is 8.38. The third-order valence-electron chi connectivity index (χ3n) is 2.18. The lowest BCUT2D eigenvalue weighted by Gasteiger charge is -2.05. The molecule has 2 unspecified atom stereocenters. The molecule has 4 heteroatoms. The second kappa shape index (κ2) is 9.34. The number of aliphatic hydroxyl groups is 2. The van der Waals surface area contributed by atoms with Crippen LogP contribution in [0, 0.1) is 0 Å². The summed E-state index contributed by atoms with van der Waals surface area (Å²) in [5, 5.41) is 16.8. The molecular weight excluding hydrogens is 190 g/mol. The molecule has 2 nitrogen and oxygen atoms in total. The maximum absolute atomic E-state index is 12.5. The fraction of sp³-hybridized carbons (Fsp3) is 1.00. The average Bonchev–Trinajstić information content (AvgIpc) is 2.22. The molecule has 0 heterocycles. The number of halogens is 2. The van der Waals surface area contributed by atoms with Crippen molar-refractivity contribution in [3.05, 3.63) is 0 Å². The van der Waals surface area contributed by atoms with Crippen molar-refractivity contribution in [2.24, 2.45) is 0 Å². The molecule has 0 aromatic carbocycles. The van der Waals surface area contributed by atoms with Crippen LogP contribution in [-0.4, -0.2) is 35.8 Å². The molecule has 0 aliphatic heterocycles. The highest BCUT2D eigenvalue weighted by Crippen LogP contribution is 2.11. The topological polar surface area (TPSA) is 40.5 Å². The van der Waals surface area contributed by atoms with Gasteiger partial charge in [-0.3, -0.25) is 0 Å². The maximum atomic E-state index is 12.5. The predicted octanol–water partition coefficient (Wildman–Crippen LogP) is 1.99. The first-order chi connectivity index (χ1) is 6.70. The molecule has 0 aromatic rings. The molecule has 0 fully saturated rings. The zero-order valence-corrected chi connectivity index (χ0v) is 8.46. The zero-order valence-electron chi connectivity index (χ0n) is 8.46. The Labute approximate surface area is 83.9 Å². The number of aliphatic hydroxyl groups excluding tert-OH is 2. The highest BCUT2D eigenvalue weighted by atomic mass is 19.1. The first-order valence-electron chi connectivity index (χ1n) is 5.20. The van der Waals surface area contributed by atoms with Crippen molar-refractivity contribution in [1.82, 2.24) is 0 Å². The summed E-state index contributed by atoms with van der Waals surface area (Å²) < 4.78 is 25.0. The zero-order chi connectivity index (χ0) is 10.8. The van der Waals surface area contributed by atoms with Gasteiger partial charge in [0.15, 0.2) is 0 Å². The molecule has 0 aliphatic carbocycles. The number of rotatable bonds is 9. The van der Waals surface area contributed by atoms with Crippen molar-refractivity contribution in [2.45, 2.75) is 50.9 Å². The molecule has 2 atom stereocenters. The van der Waals surface area contributed by atoms with Crippen LogP contribution in [0.4, 0.5) is 8.78 Å². The first kappa shape index (κ1) is 13.8. The van der Waals surface area contributed by atoms with Gasteiger partial charge in [-0.1, -0.05) is 25.7 Å². The van der Waals surface area contributed by atoms with E-state index in [4.69, 9.17) is 10.2 Å². The summed E-state index contributed by atoms with van der Waals surface area (Å²) in [6, 6.07) is 0. The minimum Gasteiger partial charge on any atom is -0.393 e. The van der Waals surface area contributed by atoms with E-state index in [2.05, 4.69) is 0 Å². The van der Waals surface area contributed by atoms with E-state index >= 15 is 0 Å². The van der Waals surface area contributed by atoms with Gasteiger partial charge < -0.3 is 10.2 Å². The molecular formula is C10H20F2O2. The number of hydrogen-bond acceptors (Lipinski definition) is 2. The smallest absolute Gasteiger partial charge is 0.123 e. The van der Waals surface area contributed by atoms with Gasteiger partial charge in [0.2, 0.25) is 0 Å². The van der Waals surface area contributed by atoms with Gasteiger partial charge >= 0.3 is 0 Å². The summed E-state index contributed by atoms with van der Waals surface area (Å²) >= 11 is 0. The van der Waals surface area contributed by atoms with Gasteiger partial charge in [0.25, 0.3) is 0 Å². The molecule has 86 valence electrons. The third-order valence-corrected chi connectivity index (χ3v) is 2.18. The van der Waals surface area contributed by atoms with Crippen molar-refractivity contribution < 1.29 is 19.0 Å². The Morgan fingerprint density at radius 3 is 1.36 bits per heavy atom. The van der Waals surface area contributed by atoms with E-state index in [1.165, 1.54) is 0 Å². The lowest BCUT2D eigenvalue weighted by atomic mass is 10.1. The highest BCUT2D eigenvalue weighted by Gasteiger charge is 2.05. The summed E-state index contributed by atoms with van der Waals surface area (Å²) in [6.45, 7) is -0.811. The van der Waals surface area contributed by atoms with E-state index in [1.54, 1.807) is 0 Å². The molecule has 0 amide bonds. The van der Waals surface area contributed by atoms with Crippen LogP contribution in [0.15, 0.2) is 0 Å². The number of hydrogen-bond donors (Lipinski definition) is 2. The maximum Gasteiger partial charge on any atom is 0.123 e. The van der Waals surface area contributed by atoms with E-state index in [1.807, 2.05) is 0 Å². The number of alkyl halides is 2. The van der Waals surface area contributed by atoms with E-state index in [-0.39, 0.29) is 0 Å². The molecule has 0 rings (SSSR count). The van der Waals surface area contributed by atoms with Gasteiger partial charge in [0.05, 0.1) is 13.2 Å². The van der Waals surface area contributed by atoms with Crippen LogP contribution in [0.1, 0.15) is 38.5 Å². The van der Waals surface area contributed by atoms with E-state index in [9.17, 15) is 8.78 Å². The minimum absolute atomic E-state index is 0.384. The van der Waals surface area contributed by atoms with Crippen LogP contribution in [0.5, 0.6) is 0 Å². The Morgan fingerprint density at radius 2 is 1.07 bits per heavy atom. The highest BCUT2D eigenvalue weighted by molar-refractivity contribution is 4.56. The molecule has 0 aliphatic rings. The quantitative estimate of drug-likeness (QED) is 0.571. The van der Waals surface area contributed by atoms with Crippen molar-refractivity contribution >= 4 is 0 Å². The Hall–Kier alpha value is -0.220. The lowest BCUT2D eigenvalue weighted by molar-refractivity contribution is 0.163. The lowest BCUT2D eigenvalue weighted by Crippen LogP contribution is -2.06. The molecule has 0 spiro atoms. The SMILES string of the molecule is OCC(F)CCCCCCC(F)CO. The van der Waals surface area contributed by atoms with Crippen molar-refractivity contribution in [2.75, 3.05) is 13.2 Å². The minimum atomic E-state index is -1.11. The van der Waals surface area contributed by atoms with E-state index in [0.29, 0.717) is 12.8 Å². The second-order valence-corrected chi connectivity index (χ2v) is 3.55. The van der Waals surface area contributed by atoms with Crippen molar-refractivity contribution in [3.63, 3.8) is 0 Å². The Morgan fingerprint density at radius 1 is 0.714 bits per heavy atom. The van der Waals surface area contributed by atoms with Crippen molar-refractivity contribution in [1.29, 1.82) is 0 Å². The van der Waals surface area contributed by atoms with Gasteiger partial charge in [-0.15, -0.1) is 0 Å². The van der Waals surface area contributed by atoms with Crippen LogP contribution in [0.3, 0.4) is 0 Å². The Bertz CT molecular complexity index is 109. The van der Waals surface area contributed by atoms with E-state index in [0.717, 1.165) is 25.7 Å². The van der Waals surface area contributed by atoms with Gasteiger partial charge in [-0.2, -0.15) is 0 Å². The van der Waals surface area contributed by atoms with E-state index < -0.39 is 25.6 Å². The summed E-state index contributed by atoms with van der Waals surface area (Å²) in [7, 11) is 0. The summed E-state index contributed by atoms with van der Waals surface area (Å²) in [5.41, 5.74) is 0. The molecule has 0 aromatic heterocycles. The first-order valence-corrected chi connectivity index (χ1v) is 5.20. The average molecular weight is 210 g/mol. The molecule has 14 heavy (non-hydrogen) atoms. The fourth-order valence-corrected chi connectivity index (χ4v) is 1.27. The molecule has 2 N–H and O–H groups in total. The Balaban J connectivity index is 3.06. The molecule has 0 bridgehead atoms. The molecule has 0 radical (unpaired) electrons. The summed E-state index contributed by atoms with van der Waals surface area (Å²) in [5.74, 6) is 0. The van der Waals surface area contributed by atoms with Crippen LogP contribution in [0.2, 0.25) is 0 Å². The van der Waals surface area contributed by atoms with Crippen LogP contribution in [-0.2, 0) is 0 Å². The van der Waals surface area contributed by atoms with Crippen LogP contribution < -0.4 is 0 Å². The van der Waals surface area contributed by atoms with Crippen LogP contribution in [0.25, 0.3) is 0 Å². The van der Waals surface area contributed by atoms with Gasteiger partial charge in [-0.25, -0.2) is 8.78 Å². The number of unbranched alkanes of at least 4 members (excludes halogenated alkanes) is 3. The monoisotopic (exact) mass is 210 g/mol. The molecule has 0 saturated heterocycles. The van der Waals surface area contributed by atoms with Gasteiger partial charge in [-0.05, 0) is 12.8 Å².